The summed E-state index contributed by atoms with van der Waals surface area (Å²) in [7, 11) is 1.59. The van der Waals surface area contributed by atoms with E-state index in [1.54, 1.807) is 42.3 Å². The minimum Gasteiger partial charge on any atom is -0.497 e. The van der Waals surface area contributed by atoms with Gasteiger partial charge in [0.1, 0.15) is 5.75 Å². The number of carbonyl (C=O) groups excluding carboxylic acids is 1. The number of carbonyl (C=O) groups is 1. The Hall–Kier alpha value is -4.54. The number of rotatable bonds is 4. The number of anilines is 1. The summed E-state index contributed by atoms with van der Waals surface area (Å²) in [4.78, 5) is 36.2. The molecule has 10 nitrogen and oxygen atoms in total. The maximum absolute atomic E-state index is 13.7. The number of amides is 1. The van der Waals surface area contributed by atoms with Crippen molar-refractivity contribution in [2.45, 2.75) is 32.2 Å². The molecule has 5 aromatic rings. The molecule has 2 atom stereocenters. The van der Waals surface area contributed by atoms with Crippen molar-refractivity contribution >= 4 is 34.8 Å². The standard InChI is InChI=1S/C31H27Cl2N7O3/c1-18-4-3-5-28(26-12-19(10-11-34-26)22-8-7-21(43-2)14-25(22)36-31(18)42)39-17-35-24(15-30(39)41)23-13-20(32)6-9-27(23)40-16-29(33)37-38-40/h6-18,28H,3-5H2,1-2H3,(H,36,42). The van der Waals surface area contributed by atoms with Gasteiger partial charge in [-0.1, -0.05) is 41.8 Å². The van der Waals surface area contributed by atoms with Gasteiger partial charge >= 0.3 is 0 Å². The molecular formula is C31H27Cl2N7O3. The Kier molecular flexibility index (Phi) is 7.96. The molecule has 0 saturated carbocycles. The molecule has 1 aliphatic heterocycles. The Morgan fingerprint density at radius 3 is 2.60 bits per heavy atom. The van der Waals surface area contributed by atoms with Crippen LogP contribution in [0.1, 0.15) is 37.9 Å². The van der Waals surface area contributed by atoms with Crippen LogP contribution in [0.2, 0.25) is 10.2 Å². The van der Waals surface area contributed by atoms with Gasteiger partial charge in [-0.15, -0.1) is 5.10 Å². The van der Waals surface area contributed by atoms with Crippen molar-refractivity contribution in [3.05, 3.63) is 99.5 Å². The third-order valence-corrected chi connectivity index (χ3v) is 8.01. The summed E-state index contributed by atoms with van der Waals surface area (Å²) >= 11 is 12.3. The van der Waals surface area contributed by atoms with E-state index < -0.39 is 6.04 Å². The highest BCUT2D eigenvalue weighted by molar-refractivity contribution is 6.31. The molecule has 218 valence electrons. The molecule has 2 unspecified atom stereocenters. The quantitative estimate of drug-likeness (QED) is 0.255. The average molecular weight is 617 g/mol. The maximum Gasteiger partial charge on any atom is 0.254 e. The predicted octanol–water partition coefficient (Wildman–Crippen LogP) is 6.22. The number of aromatic nitrogens is 6. The van der Waals surface area contributed by atoms with E-state index in [1.807, 2.05) is 37.3 Å². The van der Waals surface area contributed by atoms with E-state index in [4.69, 9.17) is 27.9 Å². The molecule has 0 spiro atoms. The van der Waals surface area contributed by atoms with Crippen molar-refractivity contribution < 1.29 is 9.53 Å². The zero-order valence-corrected chi connectivity index (χ0v) is 24.9. The van der Waals surface area contributed by atoms with Crippen molar-refractivity contribution in [3.8, 4) is 33.8 Å². The van der Waals surface area contributed by atoms with E-state index in [9.17, 15) is 9.59 Å². The number of pyridine rings is 1. The largest absolute Gasteiger partial charge is 0.497 e. The number of fused-ring (bicyclic) bond motifs is 4. The normalized spacial score (nSPS) is 16.9. The molecule has 0 radical (unpaired) electrons. The van der Waals surface area contributed by atoms with Crippen LogP contribution in [0.5, 0.6) is 5.75 Å². The maximum atomic E-state index is 13.7. The molecule has 0 aliphatic carbocycles. The second-order valence-electron chi connectivity index (χ2n) is 10.4. The van der Waals surface area contributed by atoms with Gasteiger partial charge in [0.05, 0.1) is 48.4 Å². The summed E-state index contributed by atoms with van der Waals surface area (Å²) in [5.41, 5.74) is 4.44. The molecule has 4 heterocycles. The fourth-order valence-corrected chi connectivity index (χ4v) is 5.60. The predicted molar refractivity (Wildman–Crippen MR) is 165 cm³/mol. The number of hydrogen-bond donors (Lipinski definition) is 1. The third-order valence-electron chi connectivity index (χ3n) is 7.60. The number of ether oxygens (including phenoxy) is 1. The lowest BCUT2D eigenvalue weighted by atomic mass is 9.95. The van der Waals surface area contributed by atoms with Crippen LogP contribution < -0.4 is 15.6 Å². The first-order chi connectivity index (χ1) is 20.8. The monoisotopic (exact) mass is 615 g/mol. The Labute approximate surface area is 257 Å². The second-order valence-corrected chi connectivity index (χ2v) is 11.2. The van der Waals surface area contributed by atoms with E-state index in [-0.39, 0.29) is 22.5 Å². The second kappa shape index (κ2) is 12.0. The van der Waals surface area contributed by atoms with E-state index in [0.29, 0.717) is 52.7 Å². The molecule has 6 rings (SSSR count). The molecule has 0 fully saturated rings. The van der Waals surface area contributed by atoms with Crippen LogP contribution in [-0.2, 0) is 4.79 Å². The van der Waals surface area contributed by atoms with Gasteiger partial charge in [-0.2, -0.15) is 0 Å². The molecule has 1 aliphatic rings. The van der Waals surface area contributed by atoms with Gasteiger partial charge in [0, 0.05) is 40.4 Å². The minimum absolute atomic E-state index is 0.0740. The average Bonchev–Trinajstić information content (AvgIpc) is 3.44. The molecule has 0 saturated heterocycles. The van der Waals surface area contributed by atoms with E-state index in [1.165, 1.54) is 17.1 Å². The molecule has 43 heavy (non-hydrogen) atoms. The number of methoxy groups -OCH3 is 1. The fourth-order valence-electron chi connectivity index (χ4n) is 5.30. The molecule has 12 heteroatoms. The molecule has 1 N–H and O–H groups in total. The lowest BCUT2D eigenvalue weighted by Crippen LogP contribution is -2.27. The molecule has 2 aromatic carbocycles. The first-order valence-electron chi connectivity index (χ1n) is 13.7. The van der Waals surface area contributed by atoms with Crippen LogP contribution in [0.15, 0.2) is 78.1 Å². The van der Waals surface area contributed by atoms with Gasteiger partial charge < -0.3 is 10.1 Å². The topological polar surface area (TPSA) is 117 Å². The zero-order chi connectivity index (χ0) is 30.1. The number of hydrogen-bond acceptors (Lipinski definition) is 7. The van der Waals surface area contributed by atoms with Gasteiger partial charge in [0.25, 0.3) is 5.56 Å². The Morgan fingerprint density at radius 2 is 1.84 bits per heavy atom. The number of benzene rings is 2. The number of nitrogens with one attached hydrogen (secondary N) is 1. The lowest BCUT2D eigenvalue weighted by molar-refractivity contribution is -0.119. The summed E-state index contributed by atoms with van der Waals surface area (Å²) in [6, 6.07) is 15.7. The van der Waals surface area contributed by atoms with Crippen LogP contribution in [0.25, 0.3) is 28.1 Å². The number of halogens is 2. The van der Waals surface area contributed by atoms with Crippen LogP contribution in [-0.4, -0.2) is 42.5 Å². The van der Waals surface area contributed by atoms with Gasteiger partial charge in [0.2, 0.25) is 5.91 Å². The van der Waals surface area contributed by atoms with Gasteiger partial charge in [-0.25, -0.2) is 9.67 Å². The lowest BCUT2D eigenvalue weighted by Gasteiger charge is -2.23. The summed E-state index contributed by atoms with van der Waals surface area (Å²) in [6.07, 6.45) is 6.73. The van der Waals surface area contributed by atoms with E-state index in [2.05, 4.69) is 25.6 Å². The molecule has 1 amide bonds. The van der Waals surface area contributed by atoms with E-state index >= 15 is 0 Å². The Bertz CT molecular complexity index is 1890. The number of nitrogens with zero attached hydrogens (tertiary/aromatic N) is 6. The van der Waals surface area contributed by atoms with Crippen molar-refractivity contribution in [2.24, 2.45) is 5.92 Å². The first-order valence-corrected chi connectivity index (χ1v) is 14.5. The van der Waals surface area contributed by atoms with Crippen molar-refractivity contribution in [1.29, 1.82) is 0 Å². The van der Waals surface area contributed by atoms with Gasteiger partial charge in [-0.3, -0.25) is 19.1 Å². The molecule has 3 aromatic heterocycles. The highest BCUT2D eigenvalue weighted by Crippen LogP contribution is 2.35. The summed E-state index contributed by atoms with van der Waals surface area (Å²) < 4.78 is 8.51. The summed E-state index contributed by atoms with van der Waals surface area (Å²) in [5, 5.41) is 11.7. The highest BCUT2D eigenvalue weighted by Gasteiger charge is 2.23. The van der Waals surface area contributed by atoms with Gasteiger partial charge in [0.15, 0.2) is 5.15 Å². The van der Waals surface area contributed by atoms with Crippen molar-refractivity contribution in [1.82, 2.24) is 29.5 Å². The van der Waals surface area contributed by atoms with Crippen molar-refractivity contribution in [2.75, 3.05) is 12.4 Å². The molecule has 2 bridgehead atoms. The molecular weight excluding hydrogens is 589 g/mol. The SMILES string of the molecule is COc1ccc2c(c1)NC(=O)C(C)CCCC(n1cnc(-c3cc(Cl)ccc3-n3cc(Cl)nn3)cc1=O)c1cc-2ccn1. The van der Waals surface area contributed by atoms with Gasteiger partial charge in [-0.05, 0) is 60.9 Å². The van der Waals surface area contributed by atoms with E-state index in [0.717, 1.165) is 16.8 Å². The minimum atomic E-state index is -0.404. The highest BCUT2D eigenvalue weighted by atomic mass is 35.5. The zero-order valence-electron chi connectivity index (χ0n) is 23.4. The van der Waals surface area contributed by atoms with Crippen LogP contribution in [0, 0.1) is 5.92 Å². The summed E-state index contributed by atoms with van der Waals surface area (Å²) in [6.45, 7) is 1.90. The Balaban J connectivity index is 1.43. The van der Waals surface area contributed by atoms with Crippen LogP contribution in [0.3, 0.4) is 0 Å². The van der Waals surface area contributed by atoms with Crippen molar-refractivity contribution in [3.63, 3.8) is 0 Å². The first kappa shape index (κ1) is 28.6. The van der Waals surface area contributed by atoms with Crippen LogP contribution in [0.4, 0.5) is 5.69 Å². The smallest absolute Gasteiger partial charge is 0.254 e. The fraction of sp³-hybridized carbons (Fsp3) is 0.226. The third kappa shape index (κ3) is 5.89. The van der Waals surface area contributed by atoms with Crippen LogP contribution >= 0.6 is 23.2 Å². The Morgan fingerprint density at radius 1 is 0.977 bits per heavy atom. The summed E-state index contributed by atoms with van der Waals surface area (Å²) in [5.74, 6) is 0.322.